The number of aryl methyl sites for hydroxylation is 1. The van der Waals surface area contributed by atoms with Gasteiger partial charge in [0.1, 0.15) is 9.84 Å². The zero-order chi connectivity index (χ0) is 14.3. The van der Waals surface area contributed by atoms with Crippen LogP contribution in [0.4, 0.5) is 0 Å². The largest absolute Gasteiger partial charge is 0.312 e. The summed E-state index contributed by atoms with van der Waals surface area (Å²) in [7, 11) is -0.904. The average Bonchev–Trinajstić information content (AvgIpc) is 2.38. The Kier molecular flexibility index (Phi) is 6.89. The minimum atomic E-state index is -2.84. The van der Waals surface area contributed by atoms with Crippen molar-refractivity contribution in [2.45, 2.75) is 19.4 Å². The lowest BCUT2D eigenvalue weighted by molar-refractivity contribution is 0.603. The summed E-state index contributed by atoms with van der Waals surface area (Å²) in [5.41, 5.74) is 2.59. The van der Waals surface area contributed by atoms with Gasteiger partial charge in [-0.05, 0) is 24.6 Å². The highest BCUT2D eigenvalue weighted by Gasteiger charge is 2.10. The van der Waals surface area contributed by atoms with Crippen LogP contribution < -0.4 is 5.32 Å². The maximum Gasteiger partial charge on any atom is 0.148 e. The zero-order valence-corrected chi connectivity index (χ0v) is 13.5. The topological polar surface area (TPSA) is 46.2 Å². The monoisotopic (exact) mass is 301 g/mol. The van der Waals surface area contributed by atoms with Crippen molar-refractivity contribution in [3.8, 4) is 0 Å². The minimum absolute atomic E-state index is 0.253. The van der Waals surface area contributed by atoms with Gasteiger partial charge in [-0.25, -0.2) is 8.42 Å². The van der Waals surface area contributed by atoms with Crippen molar-refractivity contribution in [1.82, 2.24) is 5.32 Å². The molecule has 1 atom stereocenters. The summed E-state index contributed by atoms with van der Waals surface area (Å²) in [5.74, 6) is 1.80. The zero-order valence-electron chi connectivity index (χ0n) is 11.8. The van der Waals surface area contributed by atoms with Crippen LogP contribution in [0.3, 0.4) is 0 Å². The van der Waals surface area contributed by atoms with Gasteiger partial charge in [-0.3, -0.25) is 0 Å². The summed E-state index contributed by atoms with van der Waals surface area (Å²) in [4.78, 5) is 0. The fourth-order valence-electron chi connectivity index (χ4n) is 1.74. The van der Waals surface area contributed by atoms with Crippen LogP contribution >= 0.6 is 11.8 Å². The molecule has 0 heterocycles. The van der Waals surface area contributed by atoms with E-state index in [9.17, 15) is 8.42 Å². The van der Waals surface area contributed by atoms with E-state index >= 15 is 0 Å². The molecular formula is C14H23NO2S2. The van der Waals surface area contributed by atoms with Gasteiger partial charge in [-0.15, -0.1) is 0 Å². The van der Waals surface area contributed by atoms with Crippen molar-refractivity contribution in [2.75, 3.05) is 30.6 Å². The maximum absolute atomic E-state index is 11.1. The molecule has 1 unspecified atom stereocenters. The summed E-state index contributed by atoms with van der Waals surface area (Å²) in [6.45, 7) is 2.14. The Morgan fingerprint density at radius 2 is 1.89 bits per heavy atom. The second-order valence-electron chi connectivity index (χ2n) is 4.64. The Morgan fingerprint density at radius 1 is 1.26 bits per heavy atom. The maximum atomic E-state index is 11.1. The molecule has 108 valence electrons. The molecular weight excluding hydrogens is 278 g/mol. The van der Waals surface area contributed by atoms with Crippen molar-refractivity contribution in [3.05, 3.63) is 35.4 Å². The van der Waals surface area contributed by atoms with Crippen molar-refractivity contribution in [2.24, 2.45) is 0 Å². The number of sulfone groups is 1. The summed E-state index contributed by atoms with van der Waals surface area (Å²) in [5, 5.41) is 3.28. The van der Waals surface area contributed by atoms with E-state index < -0.39 is 9.84 Å². The Morgan fingerprint density at radius 3 is 2.37 bits per heavy atom. The molecule has 0 aromatic heterocycles. The van der Waals surface area contributed by atoms with Crippen LogP contribution in [-0.2, 0) is 16.3 Å². The van der Waals surface area contributed by atoms with Crippen LogP contribution in [0, 0.1) is 0 Å². The molecule has 1 rings (SSSR count). The first-order valence-electron chi connectivity index (χ1n) is 6.48. The molecule has 0 saturated carbocycles. The van der Waals surface area contributed by atoms with E-state index in [0.717, 1.165) is 12.2 Å². The van der Waals surface area contributed by atoms with Crippen molar-refractivity contribution in [3.63, 3.8) is 0 Å². The molecule has 1 aromatic carbocycles. The first-order valence-corrected chi connectivity index (χ1v) is 9.69. The van der Waals surface area contributed by atoms with Crippen LogP contribution in [0.1, 0.15) is 24.1 Å². The fraction of sp³-hybridized carbons (Fsp3) is 0.571. The molecule has 0 radical (unpaired) electrons. The number of benzene rings is 1. The van der Waals surface area contributed by atoms with Gasteiger partial charge in [0.15, 0.2) is 0 Å². The Bertz CT molecular complexity index is 469. The van der Waals surface area contributed by atoms with Gasteiger partial charge < -0.3 is 5.32 Å². The third kappa shape index (κ3) is 6.45. The molecule has 1 aromatic rings. The lowest BCUT2D eigenvalue weighted by Gasteiger charge is -2.16. The molecule has 0 spiro atoms. The van der Waals surface area contributed by atoms with Gasteiger partial charge in [-0.2, -0.15) is 11.8 Å². The van der Waals surface area contributed by atoms with Gasteiger partial charge in [0.05, 0.1) is 5.75 Å². The van der Waals surface area contributed by atoms with Crippen molar-refractivity contribution in [1.29, 1.82) is 0 Å². The lowest BCUT2D eigenvalue weighted by atomic mass is 10.1. The van der Waals surface area contributed by atoms with E-state index in [1.807, 2.05) is 7.05 Å². The number of rotatable bonds is 8. The molecule has 3 nitrogen and oxygen atoms in total. The summed E-state index contributed by atoms with van der Waals surface area (Å²) in [6.07, 6.45) is 2.33. The van der Waals surface area contributed by atoms with Gasteiger partial charge >= 0.3 is 0 Å². The van der Waals surface area contributed by atoms with E-state index in [-0.39, 0.29) is 11.8 Å². The smallest absolute Gasteiger partial charge is 0.148 e. The summed E-state index contributed by atoms with van der Waals surface area (Å²) >= 11 is 1.68. The molecule has 0 bridgehead atoms. The summed E-state index contributed by atoms with van der Waals surface area (Å²) < 4.78 is 22.1. The second-order valence-corrected chi connectivity index (χ2v) is 8.05. The second kappa shape index (κ2) is 7.92. The third-order valence-corrected chi connectivity index (χ3v) is 5.29. The van der Waals surface area contributed by atoms with E-state index in [0.29, 0.717) is 5.75 Å². The first kappa shape index (κ1) is 16.5. The summed E-state index contributed by atoms with van der Waals surface area (Å²) in [6, 6.07) is 8.88. The number of thioether (sulfide) groups is 1. The predicted octanol–water partition coefficient (Wildman–Crippen LogP) is 2.29. The van der Waals surface area contributed by atoms with Crippen LogP contribution in [0.25, 0.3) is 0 Å². The average molecular weight is 301 g/mol. The number of hydrogen-bond donors (Lipinski definition) is 1. The van der Waals surface area contributed by atoms with E-state index in [2.05, 4.69) is 36.5 Å². The van der Waals surface area contributed by atoms with E-state index in [1.165, 1.54) is 17.4 Å². The molecule has 0 aliphatic heterocycles. The molecule has 0 aliphatic carbocycles. The predicted molar refractivity (Wildman–Crippen MR) is 84.7 cm³/mol. The van der Waals surface area contributed by atoms with E-state index in [1.54, 1.807) is 11.8 Å². The first-order chi connectivity index (χ1) is 8.96. The fourth-order valence-corrected chi connectivity index (χ4v) is 4.19. The Hall–Kier alpha value is -0.520. The highest BCUT2D eigenvalue weighted by atomic mass is 32.2. The Balaban J connectivity index is 2.48. The quantitative estimate of drug-likeness (QED) is 0.748. The highest BCUT2D eigenvalue weighted by molar-refractivity contribution is 8.00. The minimum Gasteiger partial charge on any atom is -0.312 e. The molecule has 0 aliphatic rings. The van der Waals surface area contributed by atoms with Gasteiger partial charge in [0.25, 0.3) is 0 Å². The molecule has 19 heavy (non-hydrogen) atoms. The normalized spacial score (nSPS) is 13.4. The number of nitrogens with one attached hydrogen (secondary N) is 1. The van der Waals surface area contributed by atoms with Crippen molar-refractivity contribution >= 4 is 21.6 Å². The van der Waals surface area contributed by atoms with Gasteiger partial charge in [0, 0.05) is 23.8 Å². The molecule has 5 heteroatoms. The Labute approximate surface area is 121 Å². The van der Waals surface area contributed by atoms with Gasteiger partial charge in [0.2, 0.25) is 0 Å². The van der Waals surface area contributed by atoms with Crippen LogP contribution in [0.15, 0.2) is 24.3 Å². The molecule has 0 fully saturated rings. The third-order valence-electron chi connectivity index (χ3n) is 3.02. The van der Waals surface area contributed by atoms with E-state index in [4.69, 9.17) is 0 Å². The number of hydrogen-bond acceptors (Lipinski definition) is 4. The highest BCUT2D eigenvalue weighted by Crippen LogP contribution is 2.19. The van der Waals surface area contributed by atoms with Crippen LogP contribution in [-0.4, -0.2) is 39.0 Å². The van der Waals surface area contributed by atoms with Crippen LogP contribution in [0.5, 0.6) is 0 Å². The van der Waals surface area contributed by atoms with Gasteiger partial charge in [-0.1, -0.05) is 31.2 Å². The molecule has 0 saturated heterocycles. The van der Waals surface area contributed by atoms with Crippen LogP contribution in [0.2, 0.25) is 0 Å². The lowest BCUT2D eigenvalue weighted by Crippen LogP contribution is -2.19. The standard InChI is InChI=1S/C14H23NO2S2/c1-4-12-5-7-13(8-6-12)14(15-2)11-18-9-10-19(3,16)17/h5-8,14-15H,4,9-11H2,1-3H3. The SMILES string of the molecule is CCc1ccc(C(CSCCS(C)(=O)=O)NC)cc1. The molecule has 0 amide bonds. The molecule has 1 N–H and O–H groups in total. The van der Waals surface area contributed by atoms with Crippen molar-refractivity contribution < 1.29 is 8.42 Å².